The van der Waals surface area contributed by atoms with Gasteiger partial charge in [-0.25, -0.2) is 9.69 Å². The topological polar surface area (TPSA) is 122 Å². The highest BCUT2D eigenvalue weighted by atomic mass is 16.6. The molecule has 1 aliphatic heterocycles. The molecule has 1 unspecified atom stereocenters. The van der Waals surface area contributed by atoms with Crippen LogP contribution in [0.3, 0.4) is 0 Å². The summed E-state index contributed by atoms with van der Waals surface area (Å²) >= 11 is 0. The van der Waals surface area contributed by atoms with Crippen molar-refractivity contribution in [2.24, 2.45) is 0 Å². The Balaban J connectivity index is 2.91. The van der Waals surface area contributed by atoms with Crippen LogP contribution in [0.5, 0.6) is 0 Å². The van der Waals surface area contributed by atoms with E-state index < -0.39 is 29.6 Å². The number of aliphatic hydroxyl groups excluding tert-OH is 2. The second kappa shape index (κ2) is 2.68. The van der Waals surface area contributed by atoms with Gasteiger partial charge in [-0.1, -0.05) is 0 Å². The molecule has 12 heavy (non-hydrogen) atoms. The second-order valence-electron chi connectivity index (χ2n) is 2.06. The van der Waals surface area contributed by atoms with Gasteiger partial charge in [0.2, 0.25) is 12.6 Å². The van der Waals surface area contributed by atoms with E-state index in [1.165, 1.54) is 0 Å². The van der Waals surface area contributed by atoms with Gasteiger partial charge in [-0.15, -0.1) is 5.06 Å². The molecule has 1 atom stereocenters. The zero-order chi connectivity index (χ0) is 9.46. The first kappa shape index (κ1) is 8.87. The fourth-order valence-electron chi connectivity index (χ4n) is 0.762. The number of aliphatic hydroxyl groups is 3. The van der Waals surface area contributed by atoms with Gasteiger partial charge in [0.25, 0.3) is 0 Å². The zero-order valence-corrected chi connectivity index (χ0v) is 5.65. The molecule has 8 nitrogen and oxygen atoms in total. The number of hydrogen-bond acceptors (Lipinski definition) is 6. The molecule has 1 fully saturated rings. The van der Waals surface area contributed by atoms with Crippen molar-refractivity contribution in [1.82, 2.24) is 9.96 Å². The summed E-state index contributed by atoms with van der Waals surface area (Å²) in [6, 6.07) is -1.39. The molecule has 68 valence electrons. The van der Waals surface area contributed by atoms with Crippen molar-refractivity contribution in [1.29, 1.82) is 0 Å². The van der Waals surface area contributed by atoms with Crippen LogP contribution in [-0.2, 0) is 4.79 Å². The molecule has 0 aromatic carbocycles. The minimum Gasteiger partial charge on any atom is -0.365 e. The van der Waals surface area contributed by atoms with Gasteiger partial charge in [0, 0.05) is 0 Å². The SMILES string of the molecule is O=C1C(O)N(C(O)O)C(=O)N1O. The van der Waals surface area contributed by atoms with Crippen molar-refractivity contribution in [3.63, 3.8) is 0 Å². The van der Waals surface area contributed by atoms with E-state index in [1.807, 2.05) is 0 Å². The standard InChI is InChI=1S/C4H6N2O6/c7-1-2(8)6(12)3(9)5(1)4(10)11/h1,4,7,10-12H. The summed E-state index contributed by atoms with van der Waals surface area (Å²) in [5, 5.41) is 33.8. The first-order valence-corrected chi connectivity index (χ1v) is 2.86. The fourth-order valence-corrected chi connectivity index (χ4v) is 0.762. The van der Waals surface area contributed by atoms with Crippen LogP contribution in [0.25, 0.3) is 0 Å². The number of hydroxylamine groups is 2. The Kier molecular flexibility index (Phi) is 1.98. The lowest BCUT2D eigenvalue weighted by atomic mass is 10.5. The van der Waals surface area contributed by atoms with Crippen molar-refractivity contribution in [3.8, 4) is 0 Å². The predicted octanol–water partition coefficient (Wildman–Crippen LogP) is -2.77. The number of hydrogen-bond donors (Lipinski definition) is 4. The van der Waals surface area contributed by atoms with E-state index in [1.54, 1.807) is 0 Å². The Hall–Kier alpha value is -1.22. The normalized spacial score (nSPS) is 24.6. The van der Waals surface area contributed by atoms with Crippen LogP contribution in [0.2, 0.25) is 0 Å². The van der Waals surface area contributed by atoms with Gasteiger partial charge in [0.05, 0.1) is 0 Å². The van der Waals surface area contributed by atoms with E-state index in [0.717, 1.165) is 0 Å². The van der Waals surface area contributed by atoms with E-state index in [4.69, 9.17) is 20.5 Å². The van der Waals surface area contributed by atoms with Gasteiger partial charge in [-0.3, -0.25) is 10.0 Å². The van der Waals surface area contributed by atoms with Crippen LogP contribution in [0.1, 0.15) is 0 Å². The molecule has 0 aromatic heterocycles. The highest BCUT2D eigenvalue weighted by Crippen LogP contribution is 2.14. The maximum atomic E-state index is 10.7. The van der Waals surface area contributed by atoms with Crippen LogP contribution in [0, 0.1) is 0 Å². The van der Waals surface area contributed by atoms with Crippen molar-refractivity contribution < 1.29 is 30.1 Å². The molecule has 4 N–H and O–H groups in total. The third-order valence-electron chi connectivity index (χ3n) is 1.34. The van der Waals surface area contributed by atoms with Gasteiger partial charge < -0.3 is 15.3 Å². The molecule has 3 amide bonds. The summed E-state index contributed by atoms with van der Waals surface area (Å²) in [7, 11) is 0. The van der Waals surface area contributed by atoms with Gasteiger partial charge >= 0.3 is 11.9 Å². The minimum absolute atomic E-state index is 0.00231. The average Bonchev–Trinajstić information content (AvgIpc) is 2.16. The molecular formula is C4H6N2O6. The highest BCUT2D eigenvalue weighted by Gasteiger charge is 2.46. The lowest BCUT2D eigenvalue weighted by molar-refractivity contribution is -0.177. The maximum Gasteiger partial charge on any atom is 0.357 e. The Morgan fingerprint density at radius 1 is 1.33 bits per heavy atom. The first-order chi connectivity index (χ1) is 5.46. The number of urea groups is 1. The first-order valence-electron chi connectivity index (χ1n) is 2.86. The summed E-state index contributed by atoms with van der Waals surface area (Å²) in [4.78, 5) is 21.2. The summed E-state index contributed by atoms with van der Waals surface area (Å²) in [6.07, 6.45) is -4.38. The largest absolute Gasteiger partial charge is 0.365 e. The summed E-state index contributed by atoms with van der Waals surface area (Å²) in [5.41, 5.74) is 0. The summed E-state index contributed by atoms with van der Waals surface area (Å²) in [6.45, 7) is 0. The molecule has 0 aliphatic carbocycles. The highest BCUT2D eigenvalue weighted by molar-refractivity contribution is 6.01. The molecule has 0 bridgehead atoms. The fraction of sp³-hybridized carbons (Fsp3) is 0.500. The molecule has 1 aliphatic rings. The van der Waals surface area contributed by atoms with Gasteiger partial charge in [0.1, 0.15) is 0 Å². The molecule has 1 heterocycles. The van der Waals surface area contributed by atoms with Crippen LogP contribution >= 0.6 is 0 Å². The second-order valence-corrected chi connectivity index (χ2v) is 2.06. The van der Waals surface area contributed by atoms with Crippen LogP contribution in [0.4, 0.5) is 4.79 Å². The van der Waals surface area contributed by atoms with Crippen LogP contribution in [0.15, 0.2) is 0 Å². The van der Waals surface area contributed by atoms with Crippen molar-refractivity contribution in [2.45, 2.75) is 12.6 Å². The van der Waals surface area contributed by atoms with Crippen molar-refractivity contribution >= 4 is 11.9 Å². The van der Waals surface area contributed by atoms with Gasteiger partial charge in [0.15, 0.2) is 0 Å². The molecule has 8 heteroatoms. The molecule has 0 radical (unpaired) electrons. The number of carbonyl (C=O) groups excluding carboxylic acids is 2. The lowest BCUT2D eigenvalue weighted by Crippen LogP contribution is -2.43. The van der Waals surface area contributed by atoms with E-state index in [-0.39, 0.29) is 4.90 Å². The maximum absolute atomic E-state index is 10.7. The lowest BCUT2D eigenvalue weighted by Gasteiger charge is -2.18. The number of amides is 3. The third kappa shape index (κ3) is 1.02. The number of imide groups is 1. The molecule has 0 spiro atoms. The van der Waals surface area contributed by atoms with Crippen LogP contribution in [-0.4, -0.2) is 55.1 Å². The molecule has 1 rings (SSSR count). The molecular weight excluding hydrogens is 172 g/mol. The number of rotatable bonds is 1. The molecule has 1 saturated heterocycles. The van der Waals surface area contributed by atoms with E-state index in [0.29, 0.717) is 0 Å². The molecule has 0 saturated carbocycles. The smallest absolute Gasteiger partial charge is 0.357 e. The Morgan fingerprint density at radius 3 is 2.00 bits per heavy atom. The van der Waals surface area contributed by atoms with E-state index in [2.05, 4.69) is 0 Å². The Bertz CT molecular complexity index is 228. The number of carbonyl (C=O) groups is 2. The monoisotopic (exact) mass is 178 g/mol. The van der Waals surface area contributed by atoms with E-state index >= 15 is 0 Å². The summed E-state index contributed by atoms with van der Waals surface area (Å²) in [5.74, 6) is -1.33. The summed E-state index contributed by atoms with van der Waals surface area (Å²) < 4.78 is 0. The molecule has 0 aromatic rings. The number of nitrogens with zero attached hydrogens (tertiary/aromatic N) is 2. The van der Waals surface area contributed by atoms with Gasteiger partial charge in [-0.05, 0) is 0 Å². The Labute approximate surface area is 65.8 Å². The van der Waals surface area contributed by atoms with Crippen molar-refractivity contribution in [3.05, 3.63) is 0 Å². The zero-order valence-electron chi connectivity index (χ0n) is 5.65. The minimum atomic E-state index is -2.33. The third-order valence-corrected chi connectivity index (χ3v) is 1.34. The van der Waals surface area contributed by atoms with Crippen molar-refractivity contribution in [2.75, 3.05) is 0 Å². The van der Waals surface area contributed by atoms with Crippen LogP contribution < -0.4 is 0 Å². The average molecular weight is 178 g/mol. The quantitative estimate of drug-likeness (QED) is 0.196. The Morgan fingerprint density at radius 2 is 1.83 bits per heavy atom. The predicted molar refractivity (Wildman–Crippen MR) is 30.1 cm³/mol. The van der Waals surface area contributed by atoms with E-state index in [9.17, 15) is 9.59 Å². The van der Waals surface area contributed by atoms with Gasteiger partial charge in [-0.2, -0.15) is 0 Å².